The van der Waals surface area contributed by atoms with Crippen LogP contribution >= 0.6 is 11.6 Å². The third kappa shape index (κ3) is 4.24. The Morgan fingerprint density at radius 2 is 1.80 bits per heavy atom. The average molecular weight is 445 g/mol. The van der Waals surface area contributed by atoms with E-state index in [1.54, 1.807) is 24.3 Å². The van der Waals surface area contributed by atoms with Crippen LogP contribution in [0.5, 0.6) is 0 Å². The normalized spacial score (nSPS) is 14.9. The topological polar surface area (TPSA) is 83.5 Å². The molecule has 7 nitrogen and oxygen atoms in total. The molecule has 1 aliphatic rings. The summed E-state index contributed by atoms with van der Waals surface area (Å²) in [6.45, 7) is 2.31. The molecule has 156 valence electrons. The molecule has 3 aromatic rings. The Morgan fingerprint density at radius 1 is 1.07 bits per heavy atom. The van der Waals surface area contributed by atoms with E-state index in [0.29, 0.717) is 47.9 Å². The van der Waals surface area contributed by atoms with E-state index in [1.165, 1.54) is 12.6 Å². The van der Waals surface area contributed by atoms with Crippen LogP contribution in [0.1, 0.15) is 5.56 Å². The Morgan fingerprint density at radius 3 is 2.50 bits per heavy atom. The zero-order valence-corrected chi connectivity index (χ0v) is 18.0. The molecule has 0 saturated carbocycles. The fourth-order valence-electron chi connectivity index (χ4n) is 3.59. The van der Waals surface area contributed by atoms with E-state index in [2.05, 4.69) is 14.9 Å². The highest BCUT2D eigenvalue weighted by atomic mass is 35.5. The van der Waals surface area contributed by atoms with Crippen LogP contribution < -0.4 is 4.90 Å². The number of piperazine rings is 1. The summed E-state index contributed by atoms with van der Waals surface area (Å²) in [7, 11) is -3.33. The number of benzene rings is 2. The van der Waals surface area contributed by atoms with Gasteiger partial charge in [-0.1, -0.05) is 29.8 Å². The van der Waals surface area contributed by atoms with E-state index >= 15 is 0 Å². The number of fused-ring (bicyclic) bond motifs is 1. The summed E-state index contributed by atoms with van der Waals surface area (Å²) in [6.07, 6.45) is 2.93. The number of hydrogen-bond acceptors (Lipinski definition) is 6. The predicted octanol–water partition coefficient (Wildman–Crippen LogP) is 2.58. The average Bonchev–Trinajstić information content (AvgIpc) is 2.74. The number of nitrogens with zero attached hydrogens (tertiary/aromatic N) is 4. The molecule has 1 aromatic heterocycles. The molecule has 1 fully saturated rings. The summed E-state index contributed by atoms with van der Waals surface area (Å²) < 4.78 is 23.9. The van der Waals surface area contributed by atoms with Gasteiger partial charge >= 0.3 is 0 Å². The molecule has 9 heteroatoms. The minimum Gasteiger partial charge on any atom is -0.352 e. The Kier molecular flexibility index (Phi) is 5.62. The molecule has 4 rings (SSSR count). The molecule has 0 N–H and O–H groups in total. The molecule has 1 amide bonds. The lowest BCUT2D eigenvalue weighted by atomic mass is 10.1. The third-order valence-corrected chi connectivity index (χ3v) is 6.72. The van der Waals surface area contributed by atoms with E-state index in [0.717, 1.165) is 5.56 Å². The second-order valence-corrected chi connectivity index (χ2v) is 9.71. The van der Waals surface area contributed by atoms with Crippen LogP contribution in [0.2, 0.25) is 5.02 Å². The van der Waals surface area contributed by atoms with Gasteiger partial charge in [-0.3, -0.25) is 4.79 Å². The van der Waals surface area contributed by atoms with Gasteiger partial charge in [-0.2, -0.15) is 0 Å². The molecule has 2 aromatic carbocycles. The van der Waals surface area contributed by atoms with Crippen molar-refractivity contribution >= 4 is 44.1 Å². The smallest absolute Gasteiger partial charge is 0.227 e. The zero-order valence-electron chi connectivity index (χ0n) is 16.5. The number of rotatable bonds is 4. The van der Waals surface area contributed by atoms with Gasteiger partial charge in [0.1, 0.15) is 12.1 Å². The molecule has 2 heterocycles. The number of hydrogen-bond donors (Lipinski definition) is 0. The van der Waals surface area contributed by atoms with Crippen LogP contribution in [0, 0.1) is 0 Å². The molecule has 0 aliphatic carbocycles. The third-order valence-electron chi connectivity index (χ3n) is 5.25. The summed E-state index contributed by atoms with van der Waals surface area (Å²) in [5, 5.41) is 1.29. The quantitative estimate of drug-likeness (QED) is 0.615. The van der Waals surface area contributed by atoms with E-state index in [-0.39, 0.29) is 17.2 Å². The number of aromatic nitrogens is 2. The van der Waals surface area contributed by atoms with Crippen molar-refractivity contribution in [3.8, 4) is 0 Å². The summed E-state index contributed by atoms with van der Waals surface area (Å²) in [5.41, 5.74) is 1.51. The molecule has 0 spiro atoms. The maximum absolute atomic E-state index is 12.7. The molecule has 1 saturated heterocycles. The van der Waals surface area contributed by atoms with E-state index in [4.69, 9.17) is 11.6 Å². The number of halogens is 1. The lowest BCUT2D eigenvalue weighted by Gasteiger charge is -2.36. The first-order valence-electron chi connectivity index (χ1n) is 9.54. The van der Waals surface area contributed by atoms with Gasteiger partial charge in [-0.25, -0.2) is 18.4 Å². The Hall–Kier alpha value is -2.71. The summed E-state index contributed by atoms with van der Waals surface area (Å²) in [5.74, 6) is 0.721. The van der Waals surface area contributed by atoms with Gasteiger partial charge in [-0.05, 0) is 29.8 Å². The number of carbonyl (C=O) groups is 1. The minimum absolute atomic E-state index is 0.0367. The number of carbonyl (C=O) groups excluding carboxylic acids is 1. The SMILES string of the molecule is CS(=O)(=O)c1ccc2ncnc(N3CCN(C(=O)Cc4ccccc4Cl)CC3)c2c1. The molecule has 1 aliphatic heterocycles. The second kappa shape index (κ2) is 8.20. The number of anilines is 1. The van der Waals surface area contributed by atoms with Crippen LogP contribution in [0.15, 0.2) is 53.7 Å². The van der Waals surface area contributed by atoms with Crippen molar-refractivity contribution in [3.63, 3.8) is 0 Å². The van der Waals surface area contributed by atoms with E-state index < -0.39 is 9.84 Å². The fourth-order valence-corrected chi connectivity index (χ4v) is 4.44. The Labute approximate surface area is 180 Å². The van der Waals surface area contributed by atoms with Gasteiger partial charge < -0.3 is 9.80 Å². The monoisotopic (exact) mass is 444 g/mol. The van der Waals surface area contributed by atoms with Gasteiger partial charge in [0.25, 0.3) is 0 Å². The van der Waals surface area contributed by atoms with Crippen molar-refractivity contribution in [1.82, 2.24) is 14.9 Å². The molecule has 0 bridgehead atoms. The van der Waals surface area contributed by atoms with Crippen LogP contribution in [-0.4, -0.2) is 61.6 Å². The van der Waals surface area contributed by atoms with Gasteiger partial charge in [0.2, 0.25) is 5.91 Å². The van der Waals surface area contributed by atoms with Crippen LogP contribution in [0.4, 0.5) is 5.82 Å². The van der Waals surface area contributed by atoms with Gasteiger partial charge in [0.05, 0.1) is 16.8 Å². The zero-order chi connectivity index (χ0) is 21.3. The van der Waals surface area contributed by atoms with Gasteiger partial charge in [0.15, 0.2) is 9.84 Å². The van der Waals surface area contributed by atoms with Crippen molar-refractivity contribution in [2.45, 2.75) is 11.3 Å². The summed E-state index contributed by atoms with van der Waals surface area (Å²) in [4.78, 5) is 25.5. The number of sulfone groups is 1. The molecule has 30 heavy (non-hydrogen) atoms. The Balaban J connectivity index is 1.51. The van der Waals surface area contributed by atoms with Crippen molar-refractivity contribution in [1.29, 1.82) is 0 Å². The largest absolute Gasteiger partial charge is 0.352 e. The first-order valence-corrected chi connectivity index (χ1v) is 11.8. The summed E-state index contributed by atoms with van der Waals surface area (Å²) >= 11 is 6.17. The highest BCUT2D eigenvalue weighted by Crippen LogP contribution is 2.27. The highest BCUT2D eigenvalue weighted by Gasteiger charge is 2.24. The molecule has 0 unspecified atom stereocenters. The van der Waals surface area contributed by atoms with Gasteiger partial charge in [0, 0.05) is 42.8 Å². The van der Waals surface area contributed by atoms with E-state index in [9.17, 15) is 13.2 Å². The molecular weight excluding hydrogens is 424 g/mol. The lowest BCUT2D eigenvalue weighted by Crippen LogP contribution is -2.49. The van der Waals surface area contributed by atoms with Crippen molar-refractivity contribution in [3.05, 3.63) is 59.4 Å². The molecule has 0 atom stereocenters. The second-order valence-electron chi connectivity index (χ2n) is 7.28. The predicted molar refractivity (Wildman–Crippen MR) is 117 cm³/mol. The highest BCUT2D eigenvalue weighted by molar-refractivity contribution is 7.90. The van der Waals surface area contributed by atoms with Crippen molar-refractivity contribution in [2.75, 3.05) is 37.3 Å². The number of amides is 1. The van der Waals surface area contributed by atoms with Crippen LogP contribution in [-0.2, 0) is 21.1 Å². The fraction of sp³-hybridized carbons (Fsp3) is 0.286. The maximum Gasteiger partial charge on any atom is 0.227 e. The van der Waals surface area contributed by atoms with Crippen LogP contribution in [0.25, 0.3) is 10.9 Å². The lowest BCUT2D eigenvalue weighted by molar-refractivity contribution is -0.130. The molecular formula is C21H21ClN4O3S. The van der Waals surface area contributed by atoms with Crippen LogP contribution in [0.3, 0.4) is 0 Å². The van der Waals surface area contributed by atoms with Gasteiger partial charge in [-0.15, -0.1) is 0 Å². The maximum atomic E-state index is 12.7. The van der Waals surface area contributed by atoms with Crippen molar-refractivity contribution in [2.24, 2.45) is 0 Å². The van der Waals surface area contributed by atoms with Crippen molar-refractivity contribution < 1.29 is 13.2 Å². The Bertz CT molecular complexity index is 1210. The van der Waals surface area contributed by atoms with E-state index in [1.807, 2.05) is 23.1 Å². The first kappa shape index (κ1) is 20.6. The molecule has 0 radical (unpaired) electrons. The summed E-state index contributed by atoms with van der Waals surface area (Å²) in [6, 6.07) is 12.2. The standard InChI is InChI=1S/C21H21ClN4O3S/c1-30(28,29)16-6-7-19-17(13-16)21(24-14-23-19)26-10-8-25(9-11-26)20(27)12-15-4-2-3-5-18(15)22/h2-7,13-14H,8-12H2,1H3. The minimum atomic E-state index is -3.33. The first-order chi connectivity index (χ1) is 14.3.